The molecule has 0 bridgehead atoms. The van der Waals surface area contributed by atoms with Crippen LogP contribution in [0.5, 0.6) is 0 Å². The Kier molecular flexibility index (Phi) is 4.90. The number of H-pyrrole nitrogens is 1. The maximum atomic E-state index is 11.8. The molecule has 0 radical (unpaired) electrons. The van der Waals surface area contributed by atoms with Gasteiger partial charge in [-0.15, -0.1) is 0 Å². The highest BCUT2D eigenvalue weighted by Crippen LogP contribution is 2.18. The first-order valence-corrected chi connectivity index (χ1v) is 6.89. The van der Waals surface area contributed by atoms with Gasteiger partial charge in [0.2, 0.25) is 0 Å². The van der Waals surface area contributed by atoms with Crippen LogP contribution in [0.3, 0.4) is 0 Å². The van der Waals surface area contributed by atoms with Crippen LogP contribution in [-0.2, 0) is 6.54 Å². The molecule has 0 saturated heterocycles. The number of aliphatic hydroxyl groups excluding tert-OH is 4. The Morgan fingerprint density at radius 1 is 1.13 bits per heavy atom. The SMILES string of the molecule is Cc1nc2c(=O)[nH]c(=O)nc-2[15n](C[C@H](O)[C@H](O)[C@H](O)CO)c1C. The first-order valence-electron chi connectivity index (χ1n) is 6.89. The normalized spacial score (nSPS) is 15.6. The van der Waals surface area contributed by atoms with E-state index >= 15 is 0 Å². The Morgan fingerprint density at radius 3 is 2.39 bits per heavy atom. The van der Waals surface area contributed by atoms with Gasteiger partial charge in [0, 0.05) is 5.69 Å². The van der Waals surface area contributed by atoms with Crippen LogP contribution in [0.25, 0.3) is 11.5 Å². The van der Waals surface area contributed by atoms with Gasteiger partial charge in [-0.1, -0.05) is 0 Å². The standard InChI is InChI=1S/C13H18N4O6/c1-5-6(2)17(3-7(19)10(21)8(20)4-18)11-9(14-5)12(22)16-13(23)15-11/h7-8,10,18-21H,3-4H2,1-2H3,(H,16,22,23)/t7-,8+,10-/m0/s1/i17+1. The van der Waals surface area contributed by atoms with E-state index in [-0.39, 0.29) is 18.1 Å². The van der Waals surface area contributed by atoms with Crippen molar-refractivity contribution in [2.75, 3.05) is 6.61 Å². The lowest BCUT2D eigenvalue weighted by Crippen LogP contribution is -2.42. The van der Waals surface area contributed by atoms with Gasteiger partial charge < -0.3 is 25.0 Å². The molecule has 0 aromatic carbocycles. The van der Waals surface area contributed by atoms with Gasteiger partial charge in [0.05, 0.1) is 18.8 Å². The molecule has 2 aliphatic rings. The molecule has 2 heterocycles. The van der Waals surface area contributed by atoms with Crippen LogP contribution in [0, 0.1) is 13.8 Å². The Balaban J connectivity index is 2.53. The number of rotatable bonds is 5. The number of hydrogen-bond acceptors (Lipinski definition) is 8. The van der Waals surface area contributed by atoms with E-state index in [1.165, 1.54) is 4.57 Å². The van der Waals surface area contributed by atoms with Gasteiger partial charge >= 0.3 is 5.69 Å². The van der Waals surface area contributed by atoms with Gasteiger partial charge in [-0.05, 0) is 13.8 Å². The summed E-state index contributed by atoms with van der Waals surface area (Å²) in [5.74, 6) is -0.0356. The van der Waals surface area contributed by atoms with Gasteiger partial charge in [0.1, 0.15) is 18.3 Å². The second kappa shape index (κ2) is 6.54. The van der Waals surface area contributed by atoms with Gasteiger partial charge in [0.15, 0.2) is 11.5 Å². The van der Waals surface area contributed by atoms with Crippen LogP contribution in [0.2, 0.25) is 0 Å². The predicted molar refractivity (Wildman–Crippen MR) is 78.1 cm³/mol. The molecule has 10 heteroatoms. The minimum absolute atomic E-state index is 0.0356. The summed E-state index contributed by atoms with van der Waals surface area (Å²) < 4.78 is 1.37. The van der Waals surface area contributed by atoms with Crippen molar-refractivity contribution in [3.63, 3.8) is 0 Å². The number of aromatic amines is 1. The Bertz CT molecular complexity index is 785. The molecular weight excluding hydrogens is 309 g/mol. The Morgan fingerprint density at radius 2 is 1.78 bits per heavy atom. The van der Waals surface area contributed by atoms with Gasteiger partial charge in [-0.2, -0.15) is 4.98 Å². The van der Waals surface area contributed by atoms with Crippen molar-refractivity contribution in [2.24, 2.45) is 0 Å². The van der Waals surface area contributed by atoms with Crippen LogP contribution in [0.4, 0.5) is 0 Å². The van der Waals surface area contributed by atoms with Crippen molar-refractivity contribution in [3.8, 4) is 11.5 Å². The van der Waals surface area contributed by atoms with Crippen LogP contribution < -0.4 is 11.2 Å². The lowest BCUT2D eigenvalue weighted by Gasteiger charge is -2.25. The first-order chi connectivity index (χ1) is 10.8. The number of aryl methyl sites for hydroxylation is 1. The van der Waals surface area contributed by atoms with Crippen LogP contribution in [-0.4, -0.2) is 64.9 Å². The fourth-order valence-corrected chi connectivity index (χ4v) is 2.21. The number of nitrogens with one attached hydrogen (secondary N) is 1. The monoisotopic (exact) mass is 327 g/mol. The molecule has 0 aromatic rings. The van der Waals surface area contributed by atoms with Crippen molar-refractivity contribution in [1.82, 2.24) is 19.5 Å². The van der Waals surface area contributed by atoms with Gasteiger partial charge in [-0.25, -0.2) is 9.78 Å². The highest BCUT2D eigenvalue weighted by molar-refractivity contribution is 5.50. The fourth-order valence-electron chi connectivity index (χ4n) is 2.21. The zero-order valence-corrected chi connectivity index (χ0v) is 12.6. The number of hydrogen-bond donors (Lipinski definition) is 5. The van der Waals surface area contributed by atoms with E-state index in [4.69, 9.17) is 5.11 Å². The molecule has 0 aromatic heterocycles. The summed E-state index contributed by atoms with van der Waals surface area (Å²) in [6.07, 6.45) is -4.59. The predicted octanol–water partition coefficient (Wildman–Crippen LogP) is -2.88. The summed E-state index contributed by atoms with van der Waals surface area (Å²) in [4.78, 5) is 33.1. The summed E-state index contributed by atoms with van der Waals surface area (Å²) in [6.45, 7) is 2.32. The summed E-state index contributed by atoms with van der Waals surface area (Å²) in [5, 5.41) is 38.0. The molecule has 0 aliphatic carbocycles. The fraction of sp³-hybridized carbons (Fsp3) is 0.538. The number of aromatic nitrogens is 4. The molecule has 5 N–H and O–H groups in total. The minimum atomic E-state index is -1.61. The maximum Gasteiger partial charge on any atom is 0.349 e. The van der Waals surface area contributed by atoms with Crippen molar-refractivity contribution in [3.05, 3.63) is 32.2 Å². The van der Waals surface area contributed by atoms with Gasteiger partial charge in [-0.3, -0.25) is 9.78 Å². The second-order valence-corrected chi connectivity index (χ2v) is 5.24. The van der Waals surface area contributed by atoms with Crippen molar-refractivity contribution in [2.45, 2.75) is 38.7 Å². The quantitative estimate of drug-likeness (QED) is 0.391. The molecule has 23 heavy (non-hydrogen) atoms. The smallest absolute Gasteiger partial charge is 0.349 e. The number of aliphatic hydroxyl groups is 4. The number of nitrogens with zero attached hydrogens (tertiary/aromatic N) is 3. The van der Waals surface area contributed by atoms with Crippen LogP contribution in [0.15, 0.2) is 9.59 Å². The molecule has 0 spiro atoms. The molecule has 3 atom stereocenters. The van der Waals surface area contributed by atoms with E-state index in [9.17, 15) is 24.9 Å². The Labute approximate surface area is 130 Å². The molecular formula is C13H18N4O6. The molecule has 0 fully saturated rings. The van der Waals surface area contributed by atoms with E-state index < -0.39 is 36.2 Å². The molecule has 0 amide bonds. The highest BCUT2D eigenvalue weighted by atomic mass is 16.4. The van der Waals surface area contributed by atoms with Crippen LogP contribution in [0.1, 0.15) is 11.4 Å². The molecule has 126 valence electrons. The van der Waals surface area contributed by atoms with Crippen molar-refractivity contribution < 1.29 is 20.4 Å². The Hall–Kier alpha value is -2.14. The lowest BCUT2D eigenvalue weighted by atomic mass is 10.1. The molecule has 0 unspecified atom stereocenters. The zero-order chi connectivity index (χ0) is 17.3. The summed E-state index contributed by atoms with van der Waals surface area (Å²) in [6, 6.07) is 0. The maximum absolute atomic E-state index is 11.8. The molecule has 2 aliphatic heterocycles. The van der Waals surface area contributed by atoms with Crippen LogP contribution >= 0.6 is 0 Å². The first kappa shape index (κ1) is 17.2. The summed E-state index contributed by atoms with van der Waals surface area (Å²) in [5.41, 5.74) is -0.626. The van der Waals surface area contributed by atoms with E-state index in [2.05, 4.69) is 9.97 Å². The average molecular weight is 327 g/mol. The van der Waals surface area contributed by atoms with E-state index in [1.807, 2.05) is 4.98 Å². The van der Waals surface area contributed by atoms with E-state index in [1.54, 1.807) is 13.8 Å². The third kappa shape index (κ3) is 3.29. The lowest BCUT2D eigenvalue weighted by molar-refractivity contribution is -0.0807. The summed E-state index contributed by atoms with van der Waals surface area (Å²) >= 11 is 0. The minimum Gasteiger partial charge on any atom is -0.394 e. The molecule has 10 nitrogen and oxygen atoms in total. The topological polar surface area (TPSA) is 162 Å². The van der Waals surface area contributed by atoms with Crippen molar-refractivity contribution in [1.29, 1.82) is 0 Å². The second-order valence-electron chi connectivity index (χ2n) is 5.24. The van der Waals surface area contributed by atoms with E-state index in [0.717, 1.165) is 0 Å². The highest BCUT2D eigenvalue weighted by Gasteiger charge is 2.27. The molecule has 2 rings (SSSR count). The van der Waals surface area contributed by atoms with E-state index in [0.29, 0.717) is 11.4 Å². The third-order valence-corrected chi connectivity index (χ3v) is 3.66. The van der Waals surface area contributed by atoms with Crippen molar-refractivity contribution >= 4 is 0 Å². The zero-order valence-electron chi connectivity index (χ0n) is 12.6. The third-order valence-electron chi connectivity index (χ3n) is 3.66. The summed E-state index contributed by atoms with van der Waals surface area (Å²) in [7, 11) is 0. The molecule has 0 saturated carbocycles. The average Bonchev–Trinajstić information content (AvgIpc) is 2.51. The van der Waals surface area contributed by atoms with Gasteiger partial charge in [0.25, 0.3) is 5.56 Å². The number of fused-ring (bicyclic) bond motifs is 1. The largest absolute Gasteiger partial charge is 0.394 e.